The molecule has 1 aromatic heterocycles. The molecule has 0 aliphatic rings. The summed E-state index contributed by atoms with van der Waals surface area (Å²) in [5.74, 6) is -1.31. The summed E-state index contributed by atoms with van der Waals surface area (Å²) in [6.45, 7) is 1.70. The third-order valence-corrected chi connectivity index (χ3v) is 3.50. The molecule has 1 heterocycles. The van der Waals surface area contributed by atoms with Crippen LogP contribution in [0.5, 0.6) is 0 Å². The van der Waals surface area contributed by atoms with Crippen LogP contribution in [0.15, 0.2) is 28.9 Å². The quantitative estimate of drug-likeness (QED) is 0.348. The van der Waals surface area contributed by atoms with Crippen molar-refractivity contribution in [1.82, 2.24) is 4.98 Å². The molecule has 6 nitrogen and oxygen atoms in total. The largest absolute Gasteiger partial charge is 0.409 e. The molecule has 0 radical (unpaired) electrons. The maximum Gasteiger partial charge on any atom is 0.267 e. The van der Waals surface area contributed by atoms with Crippen molar-refractivity contribution >= 4 is 28.8 Å². The normalized spacial score (nSPS) is 11.4. The lowest BCUT2D eigenvalue weighted by molar-refractivity contribution is 0.102. The van der Waals surface area contributed by atoms with Crippen LogP contribution in [-0.2, 0) is 0 Å². The number of nitrogens with two attached hydrogens (primary N) is 1. The van der Waals surface area contributed by atoms with Gasteiger partial charge < -0.3 is 16.3 Å². The lowest BCUT2D eigenvalue weighted by atomic mass is 10.2. The highest BCUT2D eigenvalue weighted by molar-refractivity contribution is 7.12. The molecule has 4 N–H and O–H groups in total. The smallest absolute Gasteiger partial charge is 0.267 e. The molecule has 0 aliphatic carbocycles. The zero-order valence-corrected chi connectivity index (χ0v) is 11.2. The van der Waals surface area contributed by atoms with Crippen LogP contribution in [-0.4, -0.2) is 21.9 Å². The molecule has 0 unspecified atom stereocenters. The van der Waals surface area contributed by atoms with Crippen molar-refractivity contribution in [3.05, 3.63) is 45.7 Å². The van der Waals surface area contributed by atoms with Gasteiger partial charge in [0.05, 0.1) is 16.9 Å². The Morgan fingerprint density at radius 3 is 2.85 bits per heavy atom. The molecule has 8 heteroatoms. The lowest BCUT2D eigenvalue weighted by Gasteiger charge is -2.07. The third kappa shape index (κ3) is 2.75. The molecule has 0 bridgehead atoms. The summed E-state index contributed by atoms with van der Waals surface area (Å²) in [5.41, 5.74) is 7.71. The number of nitrogens with zero attached hydrogens (tertiary/aromatic N) is 2. The summed E-state index contributed by atoms with van der Waals surface area (Å²) in [4.78, 5) is 16.3. The van der Waals surface area contributed by atoms with Crippen molar-refractivity contribution in [1.29, 1.82) is 0 Å². The van der Waals surface area contributed by atoms with E-state index in [2.05, 4.69) is 15.5 Å². The Morgan fingerprint density at radius 2 is 2.30 bits per heavy atom. The third-order valence-electron chi connectivity index (χ3n) is 2.57. The first-order valence-electron chi connectivity index (χ1n) is 5.52. The molecule has 20 heavy (non-hydrogen) atoms. The summed E-state index contributed by atoms with van der Waals surface area (Å²) >= 11 is 1.18. The minimum Gasteiger partial charge on any atom is -0.409 e. The molecule has 2 aromatic rings. The van der Waals surface area contributed by atoms with Crippen molar-refractivity contribution in [2.24, 2.45) is 10.9 Å². The van der Waals surface area contributed by atoms with Gasteiger partial charge in [-0.25, -0.2) is 9.37 Å². The average molecular weight is 294 g/mol. The number of aryl methyl sites for hydroxylation is 1. The van der Waals surface area contributed by atoms with Gasteiger partial charge in [-0.05, 0) is 25.1 Å². The molecule has 2 rings (SSSR count). The van der Waals surface area contributed by atoms with E-state index in [1.54, 1.807) is 12.4 Å². The van der Waals surface area contributed by atoms with Gasteiger partial charge in [-0.1, -0.05) is 5.16 Å². The highest BCUT2D eigenvalue weighted by Crippen LogP contribution is 2.19. The van der Waals surface area contributed by atoms with E-state index >= 15 is 0 Å². The Labute approximate surface area is 117 Å². The fraction of sp³-hybridized carbons (Fsp3) is 0.0833. The van der Waals surface area contributed by atoms with Gasteiger partial charge in [0.15, 0.2) is 5.84 Å². The minimum absolute atomic E-state index is 0.0114. The number of halogens is 1. The molecular formula is C12H11FN4O2S. The molecule has 0 aliphatic heterocycles. The van der Waals surface area contributed by atoms with Crippen LogP contribution >= 0.6 is 11.3 Å². The Morgan fingerprint density at radius 1 is 1.55 bits per heavy atom. The van der Waals surface area contributed by atoms with Gasteiger partial charge in [0.2, 0.25) is 0 Å². The van der Waals surface area contributed by atoms with Gasteiger partial charge in [0, 0.05) is 5.56 Å². The van der Waals surface area contributed by atoms with Gasteiger partial charge in [-0.15, -0.1) is 11.3 Å². The molecule has 0 fully saturated rings. The van der Waals surface area contributed by atoms with E-state index in [4.69, 9.17) is 10.9 Å². The van der Waals surface area contributed by atoms with E-state index in [-0.39, 0.29) is 17.1 Å². The number of thiazole rings is 1. The molecule has 0 atom stereocenters. The SMILES string of the molecule is Cc1ncsc1C(=O)Nc1ccc(/C(N)=N/O)cc1F. The highest BCUT2D eigenvalue weighted by Gasteiger charge is 2.14. The number of carbonyl (C=O) groups excluding carboxylic acids is 1. The number of hydrogen-bond donors (Lipinski definition) is 3. The predicted octanol–water partition coefficient (Wildman–Crippen LogP) is 1.94. The van der Waals surface area contributed by atoms with Gasteiger partial charge in [0.25, 0.3) is 5.91 Å². The number of rotatable bonds is 3. The molecule has 1 amide bonds. The van der Waals surface area contributed by atoms with Gasteiger partial charge in [-0.3, -0.25) is 4.79 Å². The van der Waals surface area contributed by atoms with Crippen molar-refractivity contribution in [2.45, 2.75) is 6.92 Å². The zero-order valence-electron chi connectivity index (χ0n) is 10.4. The molecule has 0 spiro atoms. The molecule has 0 saturated heterocycles. The maximum absolute atomic E-state index is 13.8. The second kappa shape index (κ2) is 5.66. The zero-order chi connectivity index (χ0) is 14.7. The van der Waals surface area contributed by atoms with Crippen molar-refractivity contribution < 1.29 is 14.4 Å². The second-order valence-electron chi connectivity index (χ2n) is 3.90. The maximum atomic E-state index is 13.8. The van der Waals surface area contributed by atoms with E-state index in [1.807, 2.05) is 0 Å². The summed E-state index contributed by atoms with van der Waals surface area (Å²) in [5, 5.41) is 13.7. The first-order chi connectivity index (χ1) is 9.52. The summed E-state index contributed by atoms with van der Waals surface area (Å²) in [7, 11) is 0. The van der Waals surface area contributed by atoms with Crippen molar-refractivity contribution in [2.75, 3.05) is 5.32 Å². The number of amides is 1. The van der Waals surface area contributed by atoms with E-state index in [0.717, 1.165) is 6.07 Å². The average Bonchev–Trinajstić information content (AvgIpc) is 2.86. The van der Waals surface area contributed by atoms with Crippen LogP contribution in [0.25, 0.3) is 0 Å². The number of nitrogens with one attached hydrogen (secondary N) is 1. The number of carbonyl (C=O) groups is 1. The first kappa shape index (κ1) is 13.9. The van der Waals surface area contributed by atoms with Gasteiger partial charge in [0.1, 0.15) is 10.7 Å². The Balaban J connectivity index is 2.23. The first-order valence-corrected chi connectivity index (χ1v) is 6.39. The predicted molar refractivity (Wildman–Crippen MR) is 73.7 cm³/mol. The van der Waals surface area contributed by atoms with E-state index in [9.17, 15) is 9.18 Å². The van der Waals surface area contributed by atoms with Gasteiger partial charge in [-0.2, -0.15) is 0 Å². The number of amidine groups is 1. The molecule has 1 aromatic carbocycles. The Kier molecular flexibility index (Phi) is 3.94. The summed E-state index contributed by atoms with van der Waals surface area (Å²) < 4.78 is 13.8. The van der Waals surface area contributed by atoms with Crippen LogP contribution < -0.4 is 11.1 Å². The van der Waals surface area contributed by atoms with Crippen LogP contribution in [0.2, 0.25) is 0 Å². The van der Waals surface area contributed by atoms with Crippen LogP contribution in [0.4, 0.5) is 10.1 Å². The summed E-state index contributed by atoms with van der Waals surface area (Å²) in [6.07, 6.45) is 0. The van der Waals surface area contributed by atoms with Crippen molar-refractivity contribution in [3.63, 3.8) is 0 Å². The monoisotopic (exact) mass is 294 g/mol. The van der Waals surface area contributed by atoms with Crippen LogP contribution in [0.1, 0.15) is 20.9 Å². The number of hydrogen-bond acceptors (Lipinski definition) is 5. The number of aromatic nitrogens is 1. The van der Waals surface area contributed by atoms with E-state index in [0.29, 0.717) is 10.6 Å². The fourth-order valence-corrected chi connectivity index (χ4v) is 2.23. The van der Waals surface area contributed by atoms with E-state index in [1.165, 1.54) is 23.5 Å². The van der Waals surface area contributed by atoms with Gasteiger partial charge >= 0.3 is 0 Å². The second-order valence-corrected chi connectivity index (χ2v) is 4.76. The van der Waals surface area contributed by atoms with Crippen molar-refractivity contribution in [3.8, 4) is 0 Å². The fourth-order valence-electron chi connectivity index (χ4n) is 1.53. The standard InChI is InChI=1S/C12H11FN4O2S/c1-6-10(20-5-15-6)12(18)16-9-3-2-7(4-8(9)13)11(14)17-19/h2-5,19H,1H3,(H2,14,17)(H,16,18). The molecule has 0 saturated carbocycles. The minimum atomic E-state index is -0.676. The lowest BCUT2D eigenvalue weighted by Crippen LogP contribution is -2.15. The summed E-state index contributed by atoms with van der Waals surface area (Å²) in [6, 6.07) is 3.86. The number of anilines is 1. The Hall–Kier alpha value is -2.48. The highest BCUT2D eigenvalue weighted by atomic mass is 32.1. The Bertz CT molecular complexity index is 684. The molecular weight excluding hydrogens is 283 g/mol. The van der Waals surface area contributed by atoms with Crippen LogP contribution in [0.3, 0.4) is 0 Å². The van der Waals surface area contributed by atoms with Crippen LogP contribution in [0, 0.1) is 12.7 Å². The van der Waals surface area contributed by atoms with E-state index < -0.39 is 11.7 Å². The topological polar surface area (TPSA) is 101 Å². The molecule has 104 valence electrons. The number of oxime groups is 1. The number of benzene rings is 1.